The Morgan fingerprint density at radius 3 is 2.35 bits per heavy atom. The van der Waals surface area contributed by atoms with E-state index in [9.17, 15) is 13.2 Å². The third-order valence-electron chi connectivity index (χ3n) is 4.42. The number of halogens is 3. The number of alkyl halides is 3. The Morgan fingerprint density at radius 1 is 1.15 bits per heavy atom. The Morgan fingerprint density at radius 2 is 1.80 bits per heavy atom. The van der Waals surface area contributed by atoms with Crippen molar-refractivity contribution < 1.29 is 13.2 Å². The lowest BCUT2D eigenvalue weighted by Gasteiger charge is -2.33. The van der Waals surface area contributed by atoms with Crippen molar-refractivity contribution in [3.8, 4) is 0 Å². The van der Waals surface area contributed by atoms with E-state index in [-0.39, 0.29) is 6.04 Å². The zero-order valence-electron chi connectivity index (χ0n) is 12.0. The van der Waals surface area contributed by atoms with E-state index in [1.54, 1.807) is 6.07 Å². The highest BCUT2D eigenvalue weighted by Gasteiger charge is 2.32. The minimum absolute atomic E-state index is 0.0183. The molecular formula is C16H22F3N. The van der Waals surface area contributed by atoms with Gasteiger partial charge in [-0.25, -0.2) is 0 Å². The van der Waals surface area contributed by atoms with Crippen LogP contribution in [0.3, 0.4) is 0 Å². The molecule has 1 N–H and O–H groups in total. The molecule has 0 heterocycles. The van der Waals surface area contributed by atoms with Crippen LogP contribution in [0.25, 0.3) is 0 Å². The highest BCUT2D eigenvalue weighted by atomic mass is 19.4. The average Bonchev–Trinajstić information content (AvgIpc) is 2.41. The second-order valence-corrected chi connectivity index (χ2v) is 5.91. The molecule has 1 fully saturated rings. The molecule has 4 heteroatoms. The normalized spacial score (nSPS) is 25.4. The molecule has 1 unspecified atom stereocenters. The lowest BCUT2D eigenvalue weighted by atomic mass is 9.77. The largest absolute Gasteiger partial charge is 0.416 e. The molecular weight excluding hydrogens is 263 g/mol. The fourth-order valence-corrected chi connectivity index (χ4v) is 3.20. The molecule has 0 aromatic heterocycles. The van der Waals surface area contributed by atoms with Crippen LogP contribution in [-0.2, 0) is 6.18 Å². The summed E-state index contributed by atoms with van der Waals surface area (Å²) in [5.41, 5.74) is 0.196. The molecule has 112 valence electrons. The Kier molecular flexibility index (Phi) is 4.74. The summed E-state index contributed by atoms with van der Waals surface area (Å²) in [7, 11) is 1.84. The first-order valence-electron chi connectivity index (χ1n) is 7.26. The van der Waals surface area contributed by atoms with Crippen LogP contribution in [-0.4, -0.2) is 7.05 Å². The van der Waals surface area contributed by atoms with E-state index in [2.05, 4.69) is 12.2 Å². The van der Waals surface area contributed by atoms with Gasteiger partial charge in [0.2, 0.25) is 0 Å². The zero-order valence-corrected chi connectivity index (χ0v) is 12.0. The van der Waals surface area contributed by atoms with Crippen molar-refractivity contribution in [3.63, 3.8) is 0 Å². The van der Waals surface area contributed by atoms with Crippen LogP contribution < -0.4 is 5.32 Å². The monoisotopic (exact) mass is 285 g/mol. The van der Waals surface area contributed by atoms with Crippen molar-refractivity contribution >= 4 is 0 Å². The van der Waals surface area contributed by atoms with Crippen molar-refractivity contribution in [1.29, 1.82) is 0 Å². The number of rotatable bonds is 3. The predicted octanol–water partition coefficient (Wildman–Crippen LogP) is 4.79. The second-order valence-electron chi connectivity index (χ2n) is 5.91. The minimum Gasteiger partial charge on any atom is -0.313 e. The predicted molar refractivity (Wildman–Crippen MR) is 74.4 cm³/mol. The molecule has 1 aliphatic rings. The number of hydrogen-bond donors (Lipinski definition) is 1. The first-order valence-corrected chi connectivity index (χ1v) is 7.26. The van der Waals surface area contributed by atoms with Gasteiger partial charge in [0.1, 0.15) is 0 Å². The SMILES string of the molecule is CNC(c1cccc(C(F)(F)F)c1)C1CCC(C)CC1. The fraction of sp³-hybridized carbons (Fsp3) is 0.625. The van der Waals surface area contributed by atoms with Gasteiger partial charge in [-0.1, -0.05) is 31.9 Å². The first-order chi connectivity index (χ1) is 9.41. The first kappa shape index (κ1) is 15.4. The van der Waals surface area contributed by atoms with Crippen LogP contribution in [0, 0.1) is 11.8 Å². The molecule has 1 nitrogen and oxygen atoms in total. The molecule has 0 radical (unpaired) electrons. The molecule has 1 aromatic rings. The van der Waals surface area contributed by atoms with Gasteiger partial charge in [-0.15, -0.1) is 0 Å². The summed E-state index contributed by atoms with van der Waals surface area (Å²) < 4.78 is 38.4. The maximum absolute atomic E-state index is 12.8. The molecule has 1 atom stereocenters. The molecule has 2 rings (SSSR count). The summed E-state index contributed by atoms with van der Waals surface area (Å²) in [5, 5.41) is 3.21. The van der Waals surface area contributed by atoms with E-state index in [0.717, 1.165) is 30.4 Å². The second kappa shape index (κ2) is 6.17. The Balaban J connectivity index is 2.19. The van der Waals surface area contributed by atoms with E-state index >= 15 is 0 Å². The van der Waals surface area contributed by atoms with Gasteiger partial charge in [0, 0.05) is 6.04 Å². The van der Waals surface area contributed by atoms with Gasteiger partial charge in [0.05, 0.1) is 5.56 Å². The van der Waals surface area contributed by atoms with Gasteiger partial charge in [-0.05, 0) is 49.4 Å². The molecule has 0 aliphatic heterocycles. The van der Waals surface area contributed by atoms with Crippen LogP contribution >= 0.6 is 0 Å². The van der Waals surface area contributed by atoms with Gasteiger partial charge in [-0.3, -0.25) is 0 Å². The molecule has 0 bridgehead atoms. The Bertz CT molecular complexity index is 434. The van der Waals surface area contributed by atoms with Crippen molar-refractivity contribution in [3.05, 3.63) is 35.4 Å². The maximum atomic E-state index is 12.8. The Hall–Kier alpha value is -1.03. The zero-order chi connectivity index (χ0) is 14.8. The van der Waals surface area contributed by atoms with Crippen LogP contribution in [0.1, 0.15) is 49.8 Å². The third kappa shape index (κ3) is 3.54. The summed E-state index contributed by atoms with van der Waals surface area (Å²) in [6.45, 7) is 2.24. The molecule has 20 heavy (non-hydrogen) atoms. The van der Waals surface area contributed by atoms with Crippen molar-refractivity contribution in [2.75, 3.05) is 7.05 Å². The molecule has 0 amide bonds. The van der Waals surface area contributed by atoms with E-state index in [4.69, 9.17) is 0 Å². The van der Waals surface area contributed by atoms with E-state index in [1.807, 2.05) is 7.05 Å². The molecule has 1 saturated carbocycles. The average molecular weight is 285 g/mol. The van der Waals surface area contributed by atoms with E-state index in [0.29, 0.717) is 5.92 Å². The summed E-state index contributed by atoms with van der Waals surface area (Å²) >= 11 is 0. The molecule has 1 aromatic carbocycles. The summed E-state index contributed by atoms with van der Waals surface area (Å²) in [6, 6.07) is 5.76. The van der Waals surface area contributed by atoms with Crippen LogP contribution in [0.15, 0.2) is 24.3 Å². The number of hydrogen-bond acceptors (Lipinski definition) is 1. The van der Waals surface area contributed by atoms with Crippen LogP contribution in [0.2, 0.25) is 0 Å². The van der Waals surface area contributed by atoms with Crippen LogP contribution in [0.4, 0.5) is 13.2 Å². The highest BCUT2D eigenvalue weighted by Crippen LogP contribution is 2.38. The smallest absolute Gasteiger partial charge is 0.313 e. The summed E-state index contributed by atoms with van der Waals surface area (Å²) in [4.78, 5) is 0. The highest BCUT2D eigenvalue weighted by molar-refractivity contribution is 5.28. The van der Waals surface area contributed by atoms with E-state index < -0.39 is 11.7 Å². The van der Waals surface area contributed by atoms with Gasteiger partial charge < -0.3 is 5.32 Å². The fourth-order valence-electron chi connectivity index (χ4n) is 3.20. The molecule has 0 spiro atoms. The maximum Gasteiger partial charge on any atom is 0.416 e. The van der Waals surface area contributed by atoms with Crippen molar-refractivity contribution in [1.82, 2.24) is 5.32 Å². The standard InChI is InChI=1S/C16H22F3N/c1-11-6-8-12(9-7-11)15(20-2)13-4-3-5-14(10-13)16(17,18)19/h3-5,10-12,15,20H,6-9H2,1-2H3. The molecule has 1 aliphatic carbocycles. The minimum atomic E-state index is -4.27. The molecule has 0 saturated heterocycles. The van der Waals surface area contributed by atoms with Gasteiger partial charge >= 0.3 is 6.18 Å². The topological polar surface area (TPSA) is 12.0 Å². The lowest BCUT2D eigenvalue weighted by molar-refractivity contribution is -0.137. The van der Waals surface area contributed by atoms with Crippen molar-refractivity contribution in [2.45, 2.75) is 44.8 Å². The Labute approximate surface area is 118 Å². The summed E-state index contributed by atoms with van der Waals surface area (Å²) in [5.74, 6) is 1.17. The lowest BCUT2D eigenvalue weighted by Crippen LogP contribution is -2.28. The van der Waals surface area contributed by atoms with Crippen LogP contribution in [0.5, 0.6) is 0 Å². The van der Waals surface area contributed by atoms with Gasteiger partial charge in [-0.2, -0.15) is 13.2 Å². The quantitative estimate of drug-likeness (QED) is 0.841. The number of nitrogens with one attached hydrogen (secondary N) is 1. The summed E-state index contributed by atoms with van der Waals surface area (Å²) in [6.07, 6.45) is 0.241. The van der Waals surface area contributed by atoms with Gasteiger partial charge in [0.25, 0.3) is 0 Å². The third-order valence-corrected chi connectivity index (χ3v) is 4.42. The number of benzene rings is 1. The van der Waals surface area contributed by atoms with Gasteiger partial charge in [0.15, 0.2) is 0 Å². The van der Waals surface area contributed by atoms with E-state index in [1.165, 1.54) is 25.0 Å². The van der Waals surface area contributed by atoms with Crippen molar-refractivity contribution in [2.24, 2.45) is 11.8 Å².